The molecule has 1 aliphatic heterocycles. The van der Waals surface area contributed by atoms with Gasteiger partial charge in [0.1, 0.15) is 5.82 Å². The van der Waals surface area contributed by atoms with Crippen LogP contribution in [0.4, 0.5) is 4.39 Å². The number of nitrogens with zero attached hydrogens (tertiary/aromatic N) is 1. The quantitative estimate of drug-likeness (QED) is 0.846. The number of halogens is 1. The van der Waals surface area contributed by atoms with Gasteiger partial charge in [0.25, 0.3) is 0 Å². The normalized spacial score (nSPS) is 15.2. The van der Waals surface area contributed by atoms with Gasteiger partial charge in [-0.2, -0.15) is 0 Å². The molecule has 1 aromatic rings. The fourth-order valence-corrected chi connectivity index (χ4v) is 2.12. The van der Waals surface area contributed by atoms with Gasteiger partial charge >= 0.3 is 0 Å². The van der Waals surface area contributed by atoms with Crippen LogP contribution in [0, 0.1) is 5.82 Å². The summed E-state index contributed by atoms with van der Waals surface area (Å²) in [5.41, 5.74) is 2.13. The largest absolute Gasteiger partial charge is 0.338 e. The number of amides is 1. The third-order valence-corrected chi connectivity index (χ3v) is 3.28. The van der Waals surface area contributed by atoms with Gasteiger partial charge in [-0.05, 0) is 43.6 Å². The van der Waals surface area contributed by atoms with Crippen molar-refractivity contribution >= 4 is 5.91 Å². The van der Waals surface area contributed by atoms with Gasteiger partial charge in [-0.15, -0.1) is 0 Å². The minimum absolute atomic E-state index is 0.0150. The Morgan fingerprint density at radius 1 is 1.32 bits per heavy atom. The Bertz CT molecular complexity index is 460. The molecule has 4 heteroatoms. The van der Waals surface area contributed by atoms with Gasteiger partial charge < -0.3 is 10.2 Å². The van der Waals surface area contributed by atoms with Crippen molar-refractivity contribution in [1.29, 1.82) is 0 Å². The van der Waals surface area contributed by atoms with E-state index in [2.05, 4.69) is 5.32 Å². The molecule has 2 rings (SSSR count). The molecule has 0 aromatic heterocycles. The van der Waals surface area contributed by atoms with Crippen LogP contribution in [0.3, 0.4) is 0 Å². The second-order valence-electron chi connectivity index (χ2n) is 4.87. The molecular weight excluding hydrogens is 243 g/mol. The summed E-state index contributed by atoms with van der Waals surface area (Å²) >= 11 is 0. The van der Waals surface area contributed by atoms with Gasteiger partial charge in [0.15, 0.2) is 0 Å². The van der Waals surface area contributed by atoms with Gasteiger partial charge in [-0.3, -0.25) is 4.79 Å². The Labute approximate surface area is 113 Å². The van der Waals surface area contributed by atoms with Crippen LogP contribution in [0.5, 0.6) is 0 Å². The van der Waals surface area contributed by atoms with Crippen LogP contribution in [-0.2, 0) is 11.3 Å². The maximum Gasteiger partial charge on any atom is 0.246 e. The molecule has 0 unspecified atom stereocenters. The van der Waals surface area contributed by atoms with E-state index in [0.29, 0.717) is 6.54 Å². The van der Waals surface area contributed by atoms with Crippen LogP contribution in [0.25, 0.3) is 0 Å². The molecule has 0 atom stereocenters. The highest BCUT2D eigenvalue weighted by atomic mass is 19.1. The third kappa shape index (κ3) is 4.17. The molecule has 1 fully saturated rings. The smallest absolute Gasteiger partial charge is 0.246 e. The Balaban J connectivity index is 1.93. The summed E-state index contributed by atoms with van der Waals surface area (Å²) in [6, 6.07) is 6.24. The first kappa shape index (κ1) is 13.7. The van der Waals surface area contributed by atoms with Crippen LogP contribution < -0.4 is 5.32 Å². The number of nitrogens with one attached hydrogen (secondary N) is 1. The molecule has 1 amide bonds. The molecule has 1 saturated heterocycles. The summed E-state index contributed by atoms with van der Waals surface area (Å²) in [5, 5.41) is 3.26. The lowest BCUT2D eigenvalue weighted by Crippen LogP contribution is -2.27. The van der Waals surface area contributed by atoms with Crippen molar-refractivity contribution in [3.8, 4) is 0 Å². The van der Waals surface area contributed by atoms with E-state index in [1.807, 2.05) is 0 Å². The summed E-state index contributed by atoms with van der Waals surface area (Å²) in [6.07, 6.45) is 3.62. The molecule has 102 valence electrons. The van der Waals surface area contributed by atoms with Crippen LogP contribution >= 0.6 is 0 Å². The van der Waals surface area contributed by atoms with E-state index in [9.17, 15) is 9.18 Å². The molecule has 3 nitrogen and oxygen atoms in total. The molecule has 0 aliphatic carbocycles. The summed E-state index contributed by atoms with van der Waals surface area (Å²) in [6.45, 7) is 2.39. The zero-order valence-electron chi connectivity index (χ0n) is 11.2. The lowest BCUT2D eigenvalue weighted by Gasteiger charge is -2.18. The van der Waals surface area contributed by atoms with E-state index >= 15 is 0 Å². The molecule has 1 aromatic carbocycles. The SMILES string of the molecule is CN(Cc1ccc(F)cc1)C(=O)C=C1CCNCC1. The number of piperidine rings is 1. The molecule has 1 heterocycles. The molecule has 0 saturated carbocycles. The first-order valence-corrected chi connectivity index (χ1v) is 6.55. The maximum absolute atomic E-state index is 12.8. The van der Waals surface area contributed by atoms with Gasteiger partial charge in [0.2, 0.25) is 5.91 Å². The molecule has 0 bridgehead atoms. The van der Waals surface area contributed by atoms with E-state index in [0.717, 1.165) is 31.5 Å². The fourth-order valence-electron chi connectivity index (χ4n) is 2.12. The van der Waals surface area contributed by atoms with Crippen molar-refractivity contribution in [2.45, 2.75) is 19.4 Å². The second kappa shape index (κ2) is 6.48. The molecule has 1 aliphatic rings. The zero-order chi connectivity index (χ0) is 13.7. The lowest BCUT2D eigenvalue weighted by molar-refractivity contribution is -0.125. The average Bonchev–Trinajstić information content (AvgIpc) is 2.42. The van der Waals surface area contributed by atoms with Crippen LogP contribution in [-0.4, -0.2) is 30.9 Å². The van der Waals surface area contributed by atoms with Crippen molar-refractivity contribution in [1.82, 2.24) is 10.2 Å². The van der Waals surface area contributed by atoms with E-state index in [1.165, 1.54) is 17.7 Å². The predicted octanol–water partition coefficient (Wildman–Crippen LogP) is 2.09. The monoisotopic (exact) mass is 262 g/mol. The Kier molecular flexibility index (Phi) is 4.68. The van der Waals surface area contributed by atoms with Crippen LogP contribution in [0.1, 0.15) is 18.4 Å². The van der Waals surface area contributed by atoms with Crippen molar-refractivity contribution in [3.63, 3.8) is 0 Å². The third-order valence-electron chi connectivity index (χ3n) is 3.28. The standard InChI is InChI=1S/C15H19FN2O/c1-18(11-13-2-4-14(16)5-3-13)15(19)10-12-6-8-17-9-7-12/h2-5,10,17H,6-9,11H2,1H3. The highest BCUT2D eigenvalue weighted by Gasteiger charge is 2.10. The van der Waals surface area contributed by atoms with E-state index in [4.69, 9.17) is 0 Å². The molecular formula is C15H19FN2O. The van der Waals surface area contributed by atoms with Crippen molar-refractivity contribution < 1.29 is 9.18 Å². The number of likely N-dealkylation sites (N-methyl/N-ethyl adjacent to an activating group) is 1. The van der Waals surface area contributed by atoms with Gasteiger partial charge in [0.05, 0.1) is 0 Å². The van der Waals surface area contributed by atoms with Gasteiger partial charge in [-0.25, -0.2) is 4.39 Å². The Hall–Kier alpha value is -1.68. The van der Waals surface area contributed by atoms with E-state index < -0.39 is 0 Å². The maximum atomic E-state index is 12.8. The summed E-state index contributed by atoms with van der Waals surface area (Å²) in [4.78, 5) is 13.7. The number of benzene rings is 1. The minimum Gasteiger partial charge on any atom is -0.338 e. The Morgan fingerprint density at radius 3 is 2.58 bits per heavy atom. The topological polar surface area (TPSA) is 32.3 Å². The van der Waals surface area contributed by atoms with Crippen molar-refractivity contribution in [2.24, 2.45) is 0 Å². The number of carbonyl (C=O) groups is 1. The minimum atomic E-state index is -0.255. The summed E-state index contributed by atoms with van der Waals surface area (Å²) < 4.78 is 12.8. The predicted molar refractivity (Wildman–Crippen MR) is 73.1 cm³/mol. The molecule has 1 N–H and O–H groups in total. The number of hydrogen-bond donors (Lipinski definition) is 1. The summed E-state index contributed by atoms with van der Waals surface area (Å²) in [5.74, 6) is -0.240. The van der Waals surface area contributed by atoms with Crippen molar-refractivity contribution in [3.05, 3.63) is 47.3 Å². The average molecular weight is 262 g/mol. The fraction of sp³-hybridized carbons (Fsp3) is 0.400. The molecule has 0 radical (unpaired) electrons. The number of hydrogen-bond acceptors (Lipinski definition) is 2. The van der Waals surface area contributed by atoms with Crippen molar-refractivity contribution in [2.75, 3.05) is 20.1 Å². The zero-order valence-corrected chi connectivity index (χ0v) is 11.2. The molecule has 19 heavy (non-hydrogen) atoms. The highest BCUT2D eigenvalue weighted by Crippen LogP contribution is 2.11. The number of carbonyl (C=O) groups excluding carboxylic acids is 1. The number of rotatable bonds is 3. The first-order valence-electron chi connectivity index (χ1n) is 6.55. The summed E-state index contributed by atoms with van der Waals surface area (Å²) in [7, 11) is 1.77. The van der Waals surface area contributed by atoms with Crippen LogP contribution in [0.15, 0.2) is 35.9 Å². The highest BCUT2D eigenvalue weighted by molar-refractivity contribution is 5.88. The molecule has 0 spiro atoms. The lowest BCUT2D eigenvalue weighted by atomic mass is 10.1. The Morgan fingerprint density at radius 2 is 1.95 bits per heavy atom. The van der Waals surface area contributed by atoms with Crippen LogP contribution in [0.2, 0.25) is 0 Å². The van der Waals surface area contributed by atoms with E-state index in [1.54, 1.807) is 30.2 Å². The van der Waals surface area contributed by atoms with Gasteiger partial charge in [0, 0.05) is 19.7 Å². The van der Waals surface area contributed by atoms with E-state index in [-0.39, 0.29) is 11.7 Å². The second-order valence-corrected chi connectivity index (χ2v) is 4.87. The first-order chi connectivity index (χ1) is 9.15. The van der Waals surface area contributed by atoms with Gasteiger partial charge in [-0.1, -0.05) is 17.7 Å².